The van der Waals surface area contributed by atoms with Gasteiger partial charge in [-0.15, -0.1) is 11.3 Å². The predicted molar refractivity (Wildman–Crippen MR) is 68.8 cm³/mol. The van der Waals surface area contributed by atoms with E-state index < -0.39 is 0 Å². The van der Waals surface area contributed by atoms with Gasteiger partial charge in [0.25, 0.3) is 0 Å². The number of aryl methyl sites for hydroxylation is 1. The summed E-state index contributed by atoms with van der Waals surface area (Å²) in [6, 6.07) is 1.24. The number of aromatic nitrogens is 1. The Bertz CT molecular complexity index is 337. The van der Waals surface area contributed by atoms with Gasteiger partial charge in [0.05, 0.1) is 10.7 Å². The normalized spacial score (nSPS) is 27.9. The summed E-state index contributed by atoms with van der Waals surface area (Å²) in [5, 5.41) is 6.89. The molecular formula is C12H21N3S. The van der Waals surface area contributed by atoms with Crippen molar-refractivity contribution in [1.82, 2.24) is 15.2 Å². The molecule has 1 fully saturated rings. The van der Waals surface area contributed by atoms with Gasteiger partial charge in [0.2, 0.25) is 0 Å². The largest absolute Gasteiger partial charge is 0.313 e. The van der Waals surface area contributed by atoms with Crippen molar-refractivity contribution in [2.75, 3.05) is 13.1 Å². The van der Waals surface area contributed by atoms with Gasteiger partial charge in [-0.3, -0.25) is 4.90 Å². The molecule has 1 saturated heterocycles. The molecule has 90 valence electrons. The van der Waals surface area contributed by atoms with Crippen LogP contribution >= 0.6 is 11.3 Å². The standard InChI is InChI=1S/C12H21N3S/c1-9-6-15(10(2)4-5-13-9)7-12-8-16-11(3)14-12/h8-10,13H,4-7H2,1-3H3. The monoisotopic (exact) mass is 239 g/mol. The van der Waals surface area contributed by atoms with Crippen molar-refractivity contribution in [2.45, 2.75) is 45.8 Å². The van der Waals surface area contributed by atoms with Crippen molar-refractivity contribution in [3.8, 4) is 0 Å². The Balaban J connectivity index is 2.00. The lowest BCUT2D eigenvalue weighted by atomic mass is 10.2. The second-order valence-corrected chi connectivity index (χ2v) is 5.84. The maximum absolute atomic E-state index is 4.55. The Morgan fingerprint density at radius 2 is 2.38 bits per heavy atom. The molecule has 2 heterocycles. The van der Waals surface area contributed by atoms with Crippen LogP contribution in [-0.4, -0.2) is 35.1 Å². The van der Waals surface area contributed by atoms with Gasteiger partial charge in [-0.25, -0.2) is 4.98 Å². The van der Waals surface area contributed by atoms with Gasteiger partial charge in [0.15, 0.2) is 0 Å². The van der Waals surface area contributed by atoms with E-state index >= 15 is 0 Å². The number of nitrogens with one attached hydrogen (secondary N) is 1. The van der Waals surface area contributed by atoms with Gasteiger partial charge in [0, 0.05) is 30.6 Å². The van der Waals surface area contributed by atoms with Crippen molar-refractivity contribution in [3.05, 3.63) is 16.1 Å². The van der Waals surface area contributed by atoms with Gasteiger partial charge < -0.3 is 5.32 Å². The minimum absolute atomic E-state index is 0.588. The summed E-state index contributed by atoms with van der Waals surface area (Å²) in [5.74, 6) is 0. The first-order chi connectivity index (χ1) is 7.65. The molecule has 1 aromatic heterocycles. The van der Waals surface area contributed by atoms with Crippen molar-refractivity contribution in [3.63, 3.8) is 0 Å². The highest BCUT2D eigenvalue weighted by Crippen LogP contribution is 2.15. The van der Waals surface area contributed by atoms with Crippen LogP contribution in [0.3, 0.4) is 0 Å². The predicted octanol–water partition coefficient (Wildman–Crippen LogP) is 2.02. The summed E-state index contributed by atoms with van der Waals surface area (Å²) in [6.45, 7) is 9.91. The van der Waals surface area contributed by atoms with E-state index in [1.54, 1.807) is 11.3 Å². The third-order valence-corrected chi connectivity index (χ3v) is 4.04. The van der Waals surface area contributed by atoms with Crippen LogP contribution in [0.25, 0.3) is 0 Å². The zero-order chi connectivity index (χ0) is 11.5. The van der Waals surface area contributed by atoms with Crippen molar-refractivity contribution in [1.29, 1.82) is 0 Å². The maximum atomic E-state index is 4.55. The van der Waals surface area contributed by atoms with E-state index in [0.717, 1.165) is 19.6 Å². The van der Waals surface area contributed by atoms with Crippen LogP contribution in [0, 0.1) is 6.92 Å². The molecule has 0 saturated carbocycles. The average Bonchev–Trinajstić information content (AvgIpc) is 2.55. The first-order valence-electron chi connectivity index (χ1n) is 6.03. The minimum Gasteiger partial charge on any atom is -0.313 e. The molecular weight excluding hydrogens is 218 g/mol. The van der Waals surface area contributed by atoms with Gasteiger partial charge in [-0.2, -0.15) is 0 Å². The summed E-state index contributed by atoms with van der Waals surface area (Å²) in [5.41, 5.74) is 1.23. The molecule has 4 heteroatoms. The maximum Gasteiger partial charge on any atom is 0.0897 e. The van der Waals surface area contributed by atoms with Crippen molar-refractivity contribution < 1.29 is 0 Å². The number of nitrogens with zero attached hydrogens (tertiary/aromatic N) is 2. The molecule has 2 rings (SSSR count). The van der Waals surface area contributed by atoms with E-state index in [4.69, 9.17) is 0 Å². The van der Waals surface area contributed by atoms with E-state index in [1.807, 2.05) is 0 Å². The molecule has 2 atom stereocenters. The molecule has 0 radical (unpaired) electrons. The number of thiazole rings is 1. The Hall–Kier alpha value is -0.450. The SMILES string of the molecule is Cc1nc(CN2CC(C)NCCC2C)cs1. The highest BCUT2D eigenvalue weighted by Gasteiger charge is 2.20. The van der Waals surface area contributed by atoms with Crippen LogP contribution in [0.1, 0.15) is 31.0 Å². The fraction of sp³-hybridized carbons (Fsp3) is 0.750. The molecule has 3 nitrogen and oxygen atoms in total. The molecule has 0 aromatic carbocycles. The first kappa shape index (κ1) is 12.0. The van der Waals surface area contributed by atoms with Crippen molar-refractivity contribution >= 4 is 11.3 Å². The third-order valence-electron chi connectivity index (χ3n) is 3.22. The molecule has 1 N–H and O–H groups in total. The minimum atomic E-state index is 0.588. The van der Waals surface area contributed by atoms with E-state index in [-0.39, 0.29) is 0 Å². The molecule has 0 spiro atoms. The topological polar surface area (TPSA) is 28.2 Å². The van der Waals surface area contributed by atoms with Gasteiger partial charge in [0.1, 0.15) is 0 Å². The third kappa shape index (κ3) is 3.03. The van der Waals surface area contributed by atoms with Gasteiger partial charge in [-0.05, 0) is 33.7 Å². The Kier molecular flexibility index (Phi) is 3.95. The highest BCUT2D eigenvalue weighted by molar-refractivity contribution is 7.09. The molecule has 16 heavy (non-hydrogen) atoms. The highest BCUT2D eigenvalue weighted by atomic mass is 32.1. The number of hydrogen-bond acceptors (Lipinski definition) is 4. The quantitative estimate of drug-likeness (QED) is 0.856. The Morgan fingerprint density at radius 1 is 1.56 bits per heavy atom. The van der Waals surface area contributed by atoms with Crippen LogP contribution in [0.15, 0.2) is 5.38 Å². The number of rotatable bonds is 2. The van der Waals surface area contributed by atoms with Crippen LogP contribution in [0.5, 0.6) is 0 Å². The molecule has 1 aliphatic heterocycles. The summed E-state index contributed by atoms with van der Waals surface area (Å²) in [4.78, 5) is 7.09. The summed E-state index contributed by atoms with van der Waals surface area (Å²) in [6.07, 6.45) is 1.23. The van der Waals surface area contributed by atoms with E-state index in [0.29, 0.717) is 12.1 Å². The van der Waals surface area contributed by atoms with E-state index in [1.165, 1.54) is 17.1 Å². The lowest BCUT2D eigenvalue weighted by Crippen LogP contribution is -2.38. The van der Waals surface area contributed by atoms with Crippen LogP contribution < -0.4 is 5.32 Å². The second kappa shape index (κ2) is 5.25. The van der Waals surface area contributed by atoms with Gasteiger partial charge in [-0.1, -0.05) is 0 Å². The second-order valence-electron chi connectivity index (χ2n) is 4.78. The molecule has 0 amide bonds. The van der Waals surface area contributed by atoms with E-state index in [9.17, 15) is 0 Å². The number of hydrogen-bond donors (Lipinski definition) is 1. The lowest BCUT2D eigenvalue weighted by molar-refractivity contribution is 0.197. The lowest BCUT2D eigenvalue weighted by Gasteiger charge is -2.27. The Labute approximate surface area is 102 Å². The van der Waals surface area contributed by atoms with Crippen molar-refractivity contribution in [2.24, 2.45) is 0 Å². The zero-order valence-corrected chi connectivity index (χ0v) is 11.2. The summed E-state index contributed by atoms with van der Waals surface area (Å²) < 4.78 is 0. The van der Waals surface area contributed by atoms with Gasteiger partial charge >= 0.3 is 0 Å². The summed E-state index contributed by atoms with van der Waals surface area (Å²) in [7, 11) is 0. The smallest absolute Gasteiger partial charge is 0.0897 e. The molecule has 2 unspecified atom stereocenters. The molecule has 0 aliphatic carbocycles. The molecule has 0 bridgehead atoms. The fourth-order valence-electron chi connectivity index (χ4n) is 2.23. The first-order valence-corrected chi connectivity index (χ1v) is 6.91. The summed E-state index contributed by atoms with van der Waals surface area (Å²) >= 11 is 1.75. The fourth-order valence-corrected chi connectivity index (χ4v) is 2.83. The van der Waals surface area contributed by atoms with Crippen LogP contribution in [-0.2, 0) is 6.54 Å². The molecule has 1 aliphatic rings. The Morgan fingerprint density at radius 3 is 3.06 bits per heavy atom. The van der Waals surface area contributed by atoms with Crippen LogP contribution in [0.2, 0.25) is 0 Å². The average molecular weight is 239 g/mol. The molecule has 1 aromatic rings. The van der Waals surface area contributed by atoms with E-state index in [2.05, 4.69) is 41.4 Å². The zero-order valence-electron chi connectivity index (χ0n) is 10.4. The van der Waals surface area contributed by atoms with Crippen LogP contribution in [0.4, 0.5) is 0 Å².